The van der Waals surface area contributed by atoms with Crippen molar-refractivity contribution in [3.05, 3.63) is 57.7 Å². The Bertz CT molecular complexity index is 870. The summed E-state index contributed by atoms with van der Waals surface area (Å²) in [6.07, 6.45) is 0. The number of hydrogen-bond donors (Lipinski definition) is 3. The highest BCUT2D eigenvalue weighted by Gasteiger charge is 2.33. The minimum absolute atomic E-state index is 1.03. The topological polar surface area (TPSA) is 86.6 Å². The van der Waals surface area contributed by atoms with E-state index in [1.807, 2.05) is 0 Å². The van der Waals surface area contributed by atoms with Crippen LogP contribution < -0.4 is 5.32 Å². The molecule has 2 rings (SSSR count). The van der Waals surface area contributed by atoms with Gasteiger partial charge in [0.1, 0.15) is 22.5 Å². The number of carbonyl (C=O) groups is 2. The molecular formula is C14H3F8NO4. The molecule has 5 nitrogen and oxygen atoms in total. The smallest absolute Gasteiger partial charge is 0.341 e. The van der Waals surface area contributed by atoms with Crippen molar-refractivity contribution in [2.45, 2.75) is 0 Å². The Kier molecular flexibility index (Phi) is 4.97. The lowest BCUT2D eigenvalue weighted by Gasteiger charge is -2.14. The second-order valence-corrected chi connectivity index (χ2v) is 4.75. The summed E-state index contributed by atoms with van der Waals surface area (Å²) in [7, 11) is 0. The van der Waals surface area contributed by atoms with E-state index in [4.69, 9.17) is 10.2 Å². The van der Waals surface area contributed by atoms with Crippen LogP contribution in [-0.2, 0) is 0 Å². The Morgan fingerprint density at radius 3 is 0.926 bits per heavy atom. The van der Waals surface area contributed by atoms with Gasteiger partial charge in [-0.25, -0.2) is 44.7 Å². The molecule has 0 aliphatic carbocycles. The Labute approximate surface area is 142 Å². The number of nitrogens with one attached hydrogen (secondary N) is 1. The summed E-state index contributed by atoms with van der Waals surface area (Å²) in [5.74, 6) is -24.7. The number of hydrogen-bond acceptors (Lipinski definition) is 3. The fraction of sp³-hybridized carbons (Fsp3) is 0. The zero-order valence-corrected chi connectivity index (χ0v) is 12.2. The molecule has 0 aromatic heterocycles. The molecule has 0 atom stereocenters. The maximum Gasteiger partial charge on any atom is 0.341 e. The molecule has 0 saturated heterocycles. The van der Waals surface area contributed by atoms with Gasteiger partial charge in [0.05, 0.1) is 0 Å². The predicted molar refractivity (Wildman–Crippen MR) is 69.7 cm³/mol. The molecule has 0 aliphatic rings. The monoisotopic (exact) mass is 401 g/mol. The number of aromatic carboxylic acids is 2. The second kappa shape index (κ2) is 6.74. The summed E-state index contributed by atoms with van der Waals surface area (Å²) < 4.78 is 109. The van der Waals surface area contributed by atoms with Gasteiger partial charge in [-0.05, 0) is 0 Å². The summed E-state index contributed by atoms with van der Waals surface area (Å²) in [6.45, 7) is 0. The summed E-state index contributed by atoms with van der Waals surface area (Å²) in [5, 5.41) is 18.0. The molecule has 2 aromatic rings. The van der Waals surface area contributed by atoms with Crippen LogP contribution in [0, 0.1) is 46.5 Å². The molecule has 0 bridgehead atoms. The first-order valence-electron chi connectivity index (χ1n) is 6.37. The normalized spacial score (nSPS) is 10.8. The van der Waals surface area contributed by atoms with E-state index in [1.54, 1.807) is 0 Å². The first-order chi connectivity index (χ1) is 12.4. The van der Waals surface area contributed by atoms with E-state index in [0.717, 1.165) is 5.32 Å². The fourth-order valence-electron chi connectivity index (χ4n) is 1.98. The van der Waals surface area contributed by atoms with Gasteiger partial charge in [-0.3, -0.25) is 0 Å². The van der Waals surface area contributed by atoms with E-state index in [1.165, 1.54) is 0 Å². The van der Waals surface area contributed by atoms with E-state index in [2.05, 4.69) is 0 Å². The molecule has 3 N–H and O–H groups in total. The van der Waals surface area contributed by atoms with Crippen LogP contribution >= 0.6 is 0 Å². The molecule has 13 heteroatoms. The van der Waals surface area contributed by atoms with Gasteiger partial charge < -0.3 is 15.5 Å². The molecule has 0 spiro atoms. The highest BCUT2D eigenvalue weighted by molar-refractivity contribution is 5.90. The lowest BCUT2D eigenvalue weighted by molar-refractivity contribution is 0.0672. The third-order valence-corrected chi connectivity index (χ3v) is 3.20. The van der Waals surface area contributed by atoms with Crippen LogP contribution in [-0.4, -0.2) is 22.2 Å². The SMILES string of the molecule is O=C(O)c1c(F)c(F)c(Nc2c(F)c(F)c(C(=O)O)c(F)c2F)c(F)c1F. The molecule has 144 valence electrons. The summed E-state index contributed by atoms with van der Waals surface area (Å²) >= 11 is 0. The molecule has 27 heavy (non-hydrogen) atoms. The lowest BCUT2D eigenvalue weighted by Crippen LogP contribution is -2.16. The summed E-state index contributed by atoms with van der Waals surface area (Å²) in [6, 6.07) is 0. The lowest BCUT2D eigenvalue weighted by atomic mass is 10.1. The van der Waals surface area contributed by atoms with E-state index in [0.29, 0.717) is 0 Å². The van der Waals surface area contributed by atoms with Crippen molar-refractivity contribution >= 4 is 23.3 Å². The Balaban J connectivity index is 2.76. The maximum atomic E-state index is 13.8. The average Bonchev–Trinajstić information content (AvgIpc) is 2.57. The zero-order valence-electron chi connectivity index (χ0n) is 12.2. The van der Waals surface area contributed by atoms with Crippen LogP contribution in [0.1, 0.15) is 20.7 Å². The third kappa shape index (κ3) is 3.00. The second-order valence-electron chi connectivity index (χ2n) is 4.75. The molecule has 0 saturated carbocycles. The summed E-state index contributed by atoms with van der Waals surface area (Å²) in [4.78, 5) is 21.2. The van der Waals surface area contributed by atoms with Gasteiger partial charge in [0.2, 0.25) is 0 Å². The molecule has 0 heterocycles. The molecule has 0 radical (unpaired) electrons. The predicted octanol–water partition coefficient (Wildman–Crippen LogP) is 3.94. The van der Waals surface area contributed by atoms with Gasteiger partial charge in [0.15, 0.2) is 46.5 Å². The van der Waals surface area contributed by atoms with Crippen molar-refractivity contribution in [2.75, 3.05) is 5.32 Å². The number of rotatable bonds is 4. The minimum atomic E-state index is -2.48. The van der Waals surface area contributed by atoms with E-state index in [9.17, 15) is 44.7 Å². The Morgan fingerprint density at radius 1 is 0.519 bits per heavy atom. The van der Waals surface area contributed by atoms with E-state index >= 15 is 0 Å². The van der Waals surface area contributed by atoms with Gasteiger partial charge in [-0.2, -0.15) is 0 Å². The van der Waals surface area contributed by atoms with Gasteiger partial charge in [0, 0.05) is 0 Å². The Morgan fingerprint density at radius 2 is 0.741 bits per heavy atom. The average molecular weight is 401 g/mol. The van der Waals surface area contributed by atoms with Crippen LogP contribution in [0.3, 0.4) is 0 Å². The molecule has 0 unspecified atom stereocenters. The van der Waals surface area contributed by atoms with Gasteiger partial charge in [-0.1, -0.05) is 0 Å². The number of benzene rings is 2. The number of halogens is 8. The molecule has 2 aromatic carbocycles. The summed E-state index contributed by atoms with van der Waals surface area (Å²) in [5.41, 5.74) is -8.19. The van der Waals surface area contributed by atoms with Crippen LogP contribution in [0.15, 0.2) is 0 Å². The van der Waals surface area contributed by atoms with Gasteiger partial charge in [0.25, 0.3) is 0 Å². The van der Waals surface area contributed by atoms with Crippen molar-refractivity contribution in [1.29, 1.82) is 0 Å². The van der Waals surface area contributed by atoms with E-state index < -0.39 is 81.0 Å². The third-order valence-electron chi connectivity index (χ3n) is 3.20. The first kappa shape index (κ1) is 19.9. The maximum absolute atomic E-state index is 13.8. The molecule has 0 aliphatic heterocycles. The van der Waals surface area contributed by atoms with Crippen molar-refractivity contribution in [3.8, 4) is 0 Å². The number of anilines is 2. The highest BCUT2D eigenvalue weighted by Crippen LogP contribution is 2.35. The van der Waals surface area contributed by atoms with Crippen LogP contribution in [0.25, 0.3) is 0 Å². The fourth-order valence-corrected chi connectivity index (χ4v) is 1.98. The first-order valence-corrected chi connectivity index (χ1v) is 6.37. The van der Waals surface area contributed by atoms with Crippen LogP contribution in [0.2, 0.25) is 0 Å². The van der Waals surface area contributed by atoms with Gasteiger partial charge >= 0.3 is 11.9 Å². The Hall–Kier alpha value is -3.38. The van der Waals surface area contributed by atoms with Crippen molar-refractivity contribution in [1.82, 2.24) is 0 Å². The largest absolute Gasteiger partial charge is 0.477 e. The zero-order chi connectivity index (χ0) is 20.8. The van der Waals surface area contributed by atoms with Crippen molar-refractivity contribution in [2.24, 2.45) is 0 Å². The highest BCUT2D eigenvalue weighted by atomic mass is 19.2. The number of carboxylic acid groups (broad SMARTS) is 2. The molecular weight excluding hydrogens is 398 g/mol. The van der Waals surface area contributed by atoms with Crippen molar-refractivity contribution in [3.63, 3.8) is 0 Å². The van der Waals surface area contributed by atoms with Crippen LogP contribution in [0.5, 0.6) is 0 Å². The number of carboxylic acids is 2. The van der Waals surface area contributed by atoms with E-state index in [-0.39, 0.29) is 0 Å². The van der Waals surface area contributed by atoms with Crippen LogP contribution in [0.4, 0.5) is 46.5 Å². The standard InChI is InChI=1S/C14H3F8NO4/c15-3-1(13(24)25)4(16)8(20)11(7(3)19)23-12-9(21)5(17)2(14(26)27)6(18)10(12)22/h23H,(H,24,25)(H,26,27). The van der Waals surface area contributed by atoms with Gasteiger partial charge in [-0.15, -0.1) is 0 Å². The van der Waals surface area contributed by atoms with Crippen molar-refractivity contribution < 1.29 is 54.9 Å². The quantitative estimate of drug-likeness (QED) is 0.534. The minimum Gasteiger partial charge on any atom is -0.477 e. The molecule has 0 amide bonds. The molecule has 0 fully saturated rings.